The molecule has 1 aromatic carbocycles. The monoisotopic (exact) mass is 360 g/mol. The minimum absolute atomic E-state index is 0.0851. The summed E-state index contributed by atoms with van der Waals surface area (Å²) in [4.78, 5) is 28.4. The van der Waals surface area contributed by atoms with E-state index < -0.39 is 11.4 Å². The van der Waals surface area contributed by atoms with Crippen LogP contribution in [0.2, 0.25) is 0 Å². The SMILES string of the molecule is Cc1ccccc1-c1nc(C(=O)NCC2(C(=O)O)CCOCC2)cs1. The van der Waals surface area contributed by atoms with Gasteiger partial charge < -0.3 is 15.2 Å². The van der Waals surface area contributed by atoms with Crippen LogP contribution in [-0.2, 0) is 9.53 Å². The van der Waals surface area contributed by atoms with Crippen LogP contribution in [0.15, 0.2) is 29.6 Å². The molecule has 1 amide bonds. The predicted molar refractivity (Wildman–Crippen MR) is 94.7 cm³/mol. The number of thiazole rings is 1. The topological polar surface area (TPSA) is 88.5 Å². The highest BCUT2D eigenvalue weighted by molar-refractivity contribution is 7.13. The molecule has 0 saturated carbocycles. The molecule has 7 heteroatoms. The molecule has 6 nitrogen and oxygen atoms in total. The van der Waals surface area contributed by atoms with Gasteiger partial charge in [-0.05, 0) is 25.3 Å². The van der Waals surface area contributed by atoms with E-state index in [0.717, 1.165) is 16.1 Å². The van der Waals surface area contributed by atoms with Crippen molar-refractivity contribution in [2.24, 2.45) is 5.41 Å². The Morgan fingerprint density at radius 3 is 2.72 bits per heavy atom. The Morgan fingerprint density at radius 1 is 1.32 bits per heavy atom. The smallest absolute Gasteiger partial charge is 0.311 e. The van der Waals surface area contributed by atoms with Crippen molar-refractivity contribution in [2.75, 3.05) is 19.8 Å². The average molecular weight is 360 g/mol. The van der Waals surface area contributed by atoms with Crippen LogP contribution in [0.5, 0.6) is 0 Å². The van der Waals surface area contributed by atoms with Crippen LogP contribution in [-0.4, -0.2) is 41.7 Å². The van der Waals surface area contributed by atoms with Gasteiger partial charge in [-0.25, -0.2) is 4.98 Å². The lowest BCUT2D eigenvalue weighted by Crippen LogP contribution is -2.46. The van der Waals surface area contributed by atoms with Crippen molar-refractivity contribution < 1.29 is 19.4 Å². The van der Waals surface area contributed by atoms with Crippen molar-refractivity contribution in [1.82, 2.24) is 10.3 Å². The summed E-state index contributed by atoms with van der Waals surface area (Å²) in [6, 6.07) is 7.86. The molecule has 2 heterocycles. The van der Waals surface area contributed by atoms with Gasteiger partial charge in [0.2, 0.25) is 0 Å². The van der Waals surface area contributed by atoms with Gasteiger partial charge in [-0.1, -0.05) is 24.3 Å². The van der Waals surface area contributed by atoms with Crippen LogP contribution in [0.3, 0.4) is 0 Å². The zero-order valence-electron chi connectivity index (χ0n) is 13.9. The number of nitrogens with one attached hydrogen (secondary N) is 1. The number of rotatable bonds is 5. The van der Waals surface area contributed by atoms with Crippen molar-refractivity contribution in [3.8, 4) is 10.6 Å². The van der Waals surface area contributed by atoms with Gasteiger partial charge in [0.15, 0.2) is 0 Å². The number of hydrogen-bond donors (Lipinski definition) is 2. The van der Waals surface area contributed by atoms with Crippen molar-refractivity contribution >= 4 is 23.2 Å². The molecule has 3 rings (SSSR count). The maximum absolute atomic E-state index is 12.4. The fourth-order valence-corrected chi connectivity index (χ4v) is 3.77. The number of aromatic nitrogens is 1. The number of ether oxygens (including phenoxy) is 1. The number of carbonyl (C=O) groups is 2. The van der Waals surface area contributed by atoms with Crippen LogP contribution in [0.4, 0.5) is 0 Å². The summed E-state index contributed by atoms with van der Waals surface area (Å²) in [5.74, 6) is -1.24. The molecule has 132 valence electrons. The third kappa shape index (κ3) is 3.72. The van der Waals surface area contributed by atoms with Crippen LogP contribution < -0.4 is 5.32 Å². The predicted octanol–water partition coefficient (Wildman–Crippen LogP) is 2.73. The van der Waals surface area contributed by atoms with E-state index in [-0.39, 0.29) is 12.5 Å². The molecule has 2 aromatic rings. The molecule has 2 N–H and O–H groups in total. The van der Waals surface area contributed by atoms with Crippen molar-refractivity contribution in [3.05, 3.63) is 40.9 Å². The number of hydrogen-bond acceptors (Lipinski definition) is 5. The van der Waals surface area contributed by atoms with E-state index in [0.29, 0.717) is 31.7 Å². The summed E-state index contributed by atoms with van der Waals surface area (Å²) in [5.41, 5.74) is 1.45. The van der Waals surface area contributed by atoms with Crippen molar-refractivity contribution in [1.29, 1.82) is 0 Å². The van der Waals surface area contributed by atoms with Gasteiger partial charge in [-0.3, -0.25) is 9.59 Å². The maximum Gasteiger partial charge on any atom is 0.311 e. The summed E-state index contributed by atoms with van der Waals surface area (Å²) < 4.78 is 5.24. The Kier molecular flexibility index (Phi) is 5.15. The fraction of sp³-hybridized carbons (Fsp3) is 0.389. The quantitative estimate of drug-likeness (QED) is 0.856. The molecule has 25 heavy (non-hydrogen) atoms. The molecule has 0 spiro atoms. The van der Waals surface area contributed by atoms with Gasteiger partial charge in [0, 0.05) is 30.7 Å². The minimum Gasteiger partial charge on any atom is -0.481 e. The summed E-state index contributed by atoms with van der Waals surface area (Å²) in [6.45, 7) is 2.88. The first-order chi connectivity index (χ1) is 12.0. The lowest BCUT2D eigenvalue weighted by Gasteiger charge is -2.32. The molecule has 1 saturated heterocycles. The van der Waals surface area contributed by atoms with E-state index in [1.54, 1.807) is 5.38 Å². The molecule has 0 unspecified atom stereocenters. The third-order valence-corrected chi connectivity index (χ3v) is 5.48. The lowest BCUT2D eigenvalue weighted by molar-refractivity contribution is -0.154. The number of aryl methyl sites for hydroxylation is 1. The first-order valence-corrected chi connectivity index (χ1v) is 9.01. The third-order valence-electron chi connectivity index (χ3n) is 4.60. The van der Waals surface area contributed by atoms with Gasteiger partial charge in [0.25, 0.3) is 5.91 Å². The zero-order chi connectivity index (χ0) is 17.9. The molecule has 1 aliphatic heterocycles. The van der Waals surface area contributed by atoms with Crippen molar-refractivity contribution in [2.45, 2.75) is 19.8 Å². The highest BCUT2D eigenvalue weighted by Crippen LogP contribution is 2.30. The van der Waals surface area contributed by atoms with E-state index in [4.69, 9.17) is 4.74 Å². The first kappa shape index (κ1) is 17.6. The first-order valence-electron chi connectivity index (χ1n) is 8.13. The summed E-state index contributed by atoms with van der Waals surface area (Å²) in [6.07, 6.45) is 0.794. The Balaban J connectivity index is 1.70. The van der Waals surface area contributed by atoms with E-state index >= 15 is 0 Å². The molecular weight excluding hydrogens is 340 g/mol. The molecule has 0 atom stereocenters. The highest BCUT2D eigenvalue weighted by atomic mass is 32.1. The van der Waals surface area contributed by atoms with Gasteiger partial charge in [0.05, 0.1) is 5.41 Å². The average Bonchev–Trinajstić information content (AvgIpc) is 3.10. The van der Waals surface area contributed by atoms with E-state index in [1.165, 1.54) is 11.3 Å². The molecule has 1 fully saturated rings. The van der Waals surface area contributed by atoms with Gasteiger partial charge >= 0.3 is 5.97 Å². The molecule has 1 aliphatic rings. The van der Waals surface area contributed by atoms with E-state index in [2.05, 4.69) is 10.3 Å². The van der Waals surface area contributed by atoms with E-state index in [9.17, 15) is 14.7 Å². The van der Waals surface area contributed by atoms with Crippen LogP contribution >= 0.6 is 11.3 Å². The zero-order valence-corrected chi connectivity index (χ0v) is 14.8. The normalized spacial score (nSPS) is 16.4. The Hall–Kier alpha value is -2.25. The number of carboxylic acid groups (broad SMARTS) is 1. The fourth-order valence-electron chi connectivity index (χ4n) is 2.88. The molecule has 0 radical (unpaired) electrons. The number of carboxylic acids is 1. The number of benzene rings is 1. The van der Waals surface area contributed by atoms with Gasteiger partial charge in [0.1, 0.15) is 10.7 Å². The molecule has 0 aliphatic carbocycles. The summed E-state index contributed by atoms with van der Waals surface area (Å²) >= 11 is 1.40. The Morgan fingerprint density at radius 2 is 2.04 bits per heavy atom. The largest absolute Gasteiger partial charge is 0.481 e. The number of amides is 1. The highest BCUT2D eigenvalue weighted by Gasteiger charge is 2.40. The van der Waals surface area contributed by atoms with Crippen LogP contribution in [0, 0.1) is 12.3 Å². The second-order valence-corrected chi connectivity index (χ2v) is 7.09. The van der Waals surface area contributed by atoms with Gasteiger partial charge in [-0.2, -0.15) is 0 Å². The number of nitrogens with zero attached hydrogens (tertiary/aromatic N) is 1. The standard InChI is InChI=1S/C18H20N2O4S/c1-12-4-2-3-5-13(12)16-20-14(10-25-16)15(21)19-11-18(17(22)23)6-8-24-9-7-18/h2-5,10H,6-9,11H2,1H3,(H,19,21)(H,22,23). The molecular formula is C18H20N2O4S. The second kappa shape index (κ2) is 7.33. The molecule has 0 bridgehead atoms. The Labute approximate surface area is 149 Å². The minimum atomic E-state index is -0.956. The summed E-state index contributed by atoms with van der Waals surface area (Å²) in [5, 5.41) is 14.8. The van der Waals surface area contributed by atoms with E-state index in [1.807, 2.05) is 31.2 Å². The second-order valence-electron chi connectivity index (χ2n) is 6.23. The number of aliphatic carboxylic acids is 1. The maximum atomic E-state index is 12.4. The van der Waals surface area contributed by atoms with Crippen LogP contribution in [0.25, 0.3) is 10.6 Å². The van der Waals surface area contributed by atoms with Crippen LogP contribution in [0.1, 0.15) is 28.9 Å². The lowest BCUT2D eigenvalue weighted by atomic mass is 9.80. The summed E-state index contributed by atoms with van der Waals surface area (Å²) in [7, 11) is 0. The van der Waals surface area contributed by atoms with Gasteiger partial charge in [-0.15, -0.1) is 11.3 Å². The number of carbonyl (C=O) groups excluding carboxylic acids is 1. The Bertz CT molecular complexity index is 781. The van der Waals surface area contributed by atoms with Crippen molar-refractivity contribution in [3.63, 3.8) is 0 Å². The molecule has 1 aromatic heterocycles.